The molecule has 0 heterocycles. The highest BCUT2D eigenvalue weighted by Crippen LogP contribution is 2.37. The van der Waals surface area contributed by atoms with E-state index in [0.717, 1.165) is 11.1 Å². The monoisotopic (exact) mass is 450 g/mol. The molecule has 3 aromatic carbocycles. The van der Waals surface area contributed by atoms with E-state index in [1.165, 1.54) is 10.5 Å². The highest BCUT2D eigenvalue weighted by molar-refractivity contribution is 7.98. The Morgan fingerprint density at radius 1 is 0.875 bits per heavy atom. The Hall–Kier alpha value is -2.92. The first-order valence-corrected chi connectivity index (χ1v) is 11.9. The molecule has 0 saturated heterocycles. The second-order valence-corrected chi connectivity index (χ2v) is 9.24. The molecule has 0 fully saturated rings. The van der Waals surface area contributed by atoms with Gasteiger partial charge in [-0.2, -0.15) is 0 Å². The van der Waals surface area contributed by atoms with Crippen molar-refractivity contribution < 1.29 is 19.0 Å². The topological polar surface area (TPSA) is 44.8 Å². The number of benzene rings is 3. The zero-order valence-electron chi connectivity index (χ0n) is 19.3. The Balaban J connectivity index is 1.90. The van der Waals surface area contributed by atoms with Gasteiger partial charge in [0.05, 0.1) is 6.61 Å². The Kier molecular flexibility index (Phi) is 7.86. The van der Waals surface area contributed by atoms with E-state index in [-0.39, 0.29) is 12.0 Å². The molecular weight excluding hydrogens is 420 g/mol. The van der Waals surface area contributed by atoms with Gasteiger partial charge in [-0.05, 0) is 71.7 Å². The molecule has 0 aliphatic rings. The molecule has 0 unspecified atom stereocenters. The van der Waals surface area contributed by atoms with Crippen molar-refractivity contribution in [2.75, 3.05) is 19.5 Å². The average molecular weight is 451 g/mol. The number of carbonyl (C=O) groups is 1. The molecule has 32 heavy (non-hydrogen) atoms. The Morgan fingerprint density at radius 3 is 2.12 bits per heavy atom. The summed E-state index contributed by atoms with van der Waals surface area (Å²) in [5.41, 5.74) is 3.37. The number of esters is 1. The van der Waals surface area contributed by atoms with Gasteiger partial charge in [-0.15, -0.1) is 11.8 Å². The van der Waals surface area contributed by atoms with Gasteiger partial charge >= 0.3 is 5.97 Å². The molecule has 3 aromatic rings. The third kappa shape index (κ3) is 6.30. The van der Waals surface area contributed by atoms with Crippen molar-refractivity contribution in [3.8, 4) is 28.4 Å². The first-order chi connectivity index (χ1) is 15.3. The lowest BCUT2D eigenvalue weighted by molar-refractivity contribution is -0.145. The van der Waals surface area contributed by atoms with E-state index in [2.05, 4.69) is 63.4 Å². The van der Waals surface area contributed by atoms with E-state index in [4.69, 9.17) is 14.2 Å². The van der Waals surface area contributed by atoms with Crippen LogP contribution in [0.3, 0.4) is 0 Å². The van der Waals surface area contributed by atoms with Gasteiger partial charge in [0.15, 0.2) is 18.1 Å². The van der Waals surface area contributed by atoms with E-state index < -0.39 is 5.97 Å². The maximum atomic E-state index is 11.8. The summed E-state index contributed by atoms with van der Waals surface area (Å²) in [6.45, 7) is 8.44. The van der Waals surface area contributed by atoms with Crippen LogP contribution in [0.1, 0.15) is 33.3 Å². The summed E-state index contributed by atoms with van der Waals surface area (Å²) in [5, 5.41) is 0. The van der Waals surface area contributed by atoms with Gasteiger partial charge in [-0.25, -0.2) is 4.79 Å². The van der Waals surface area contributed by atoms with Crippen LogP contribution in [0, 0.1) is 0 Å². The van der Waals surface area contributed by atoms with Crippen molar-refractivity contribution in [1.82, 2.24) is 0 Å². The minimum Gasteiger partial charge on any atom is -0.478 e. The van der Waals surface area contributed by atoms with Gasteiger partial charge in [0.25, 0.3) is 0 Å². The number of hydrogen-bond donors (Lipinski definition) is 0. The Bertz CT molecular complexity index is 1030. The summed E-state index contributed by atoms with van der Waals surface area (Å²) >= 11 is 1.71. The molecule has 0 aliphatic heterocycles. The molecule has 0 bridgehead atoms. The summed E-state index contributed by atoms with van der Waals surface area (Å²) in [7, 11) is 0. The summed E-state index contributed by atoms with van der Waals surface area (Å²) in [6.07, 6.45) is 2.06. The minimum atomic E-state index is -0.412. The summed E-state index contributed by atoms with van der Waals surface area (Å²) in [6, 6.07) is 22.1. The smallest absolute Gasteiger partial charge is 0.344 e. The van der Waals surface area contributed by atoms with Crippen LogP contribution in [0.5, 0.6) is 17.2 Å². The number of ether oxygens (including phenoxy) is 3. The fourth-order valence-electron chi connectivity index (χ4n) is 3.16. The van der Waals surface area contributed by atoms with Crippen LogP contribution < -0.4 is 9.47 Å². The quantitative estimate of drug-likeness (QED) is 0.270. The fraction of sp³-hybridized carbons (Fsp3) is 0.296. The predicted molar refractivity (Wildman–Crippen MR) is 131 cm³/mol. The van der Waals surface area contributed by atoms with Gasteiger partial charge in [-0.3, -0.25) is 0 Å². The summed E-state index contributed by atoms with van der Waals surface area (Å²) in [4.78, 5) is 13.0. The van der Waals surface area contributed by atoms with Crippen molar-refractivity contribution in [3.05, 3.63) is 72.3 Å². The van der Waals surface area contributed by atoms with Gasteiger partial charge < -0.3 is 14.2 Å². The standard InChI is InChI=1S/C27H30O4S/c1-6-29-26(28)18-30-24-16-9-20(19-7-14-23(32-5)15-8-19)17-25(24)31-22-12-10-21(11-13-22)27(2,3)4/h7-17H,6,18H2,1-5H3. The molecule has 168 valence electrons. The fourth-order valence-corrected chi connectivity index (χ4v) is 3.57. The third-order valence-corrected chi connectivity index (χ3v) is 5.71. The maximum Gasteiger partial charge on any atom is 0.344 e. The van der Waals surface area contributed by atoms with Crippen LogP contribution in [-0.4, -0.2) is 25.4 Å². The molecule has 0 aromatic heterocycles. The van der Waals surface area contributed by atoms with E-state index in [1.807, 2.05) is 30.3 Å². The van der Waals surface area contributed by atoms with Crippen molar-refractivity contribution in [2.24, 2.45) is 0 Å². The lowest BCUT2D eigenvalue weighted by Gasteiger charge is -2.19. The predicted octanol–water partition coefficient (Wildman–Crippen LogP) is 7.11. The van der Waals surface area contributed by atoms with Crippen LogP contribution in [0.4, 0.5) is 0 Å². The van der Waals surface area contributed by atoms with Gasteiger partial charge in [0.2, 0.25) is 0 Å². The van der Waals surface area contributed by atoms with E-state index >= 15 is 0 Å². The Morgan fingerprint density at radius 2 is 1.53 bits per heavy atom. The molecule has 3 rings (SSSR count). The lowest BCUT2D eigenvalue weighted by Crippen LogP contribution is -2.14. The largest absolute Gasteiger partial charge is 0.478 e. The second-order valence-electron chi connectivity index (χ2n) is 8.36. The molecule has 5 heteroatoms. The molecule has 4 nitrogen and oxygen atoms in total. The molecule has 0 radical (unpaired) electrons. The minimum absolute atomic E-state index is 0.0648. The van der Waals surface area contributed by atoms with Crippen molar-refractivity contribution in [2.45, 2.75) is 38.0 Å². The highest BCUT2D eigenvalue weighted by atomic mass is 32.2. The molecule has 0 amide bonds. The molecule has 0 atom stereocenters. The van der Waals surface area contributed by atoms with Gasteiger partial charge in [-0.1, -0.05) is 51.1 Å². The van der Waals surface area contributed by atoms with Crippen molar-refractivity contribution >= 4 is 17.7 Å². The van der Waals surface area contributed by atoms with Crippen LogP contribution in [0.15, 0.2) is 71.6 Å². The zero-order chi connectivity index (χ0) is 23.1. The van der Waals surface area contributed by atoms with E-state index in [1.54, 1.807) is 18.7 Å². The first kappa shape index (κ1) is 23.7. The molecule has 0 aliphatic carbocycles. The third-order valence-electron chi connectivity index (χ3n) is 4.97. The average Bonchev–Trinajstić information content (AvgIpc) is 2.78. The molecular formula is C27H30O4S. The SMILES string of the molecule is CCOC(=O)COc1ccc(-c2ccc(SC)cc2)cc1Oc1ccc(C(C)(C)C)cc1. The zero-order valence-corrected chi connectivity index (χ0v) is 20.1. The van der Waals surface area contributed by atoms with Gasteiger partial charge in [0, 0.05) is 4.90 Å². The highest BCUT2D eigenvalue weighted by Gasteiger charge is 2.15. The molecule has 0 saturated carbocycles. The number of rotatable bonds is 8. The summed E-state index contributed by atoms with van der Waals surface area (Å²) in [5.74, 6) is 1.32. The van der Waals surface area contributed by atoms with Crippen molar-refractivity contribution in [1.29, 1.82) is 0 Å². The Labute approximate surface area is 194 Å². The van der Waals surface area contributed by atoms with Crippen LogP contribution in [0.25, 0.3) is 11.1 Å². The normalized spacial score (nSPS) is 11.2. The first-order valence-electron chi connectivity index (χ1n) is 10.7. The molecule has 0 spiro atoms. The number of carbonyl (C=O) groups excluding carboxylic acids is 1. The van der Waals surface area contributed by atoms with E-state index in [0.29, 0.717) is 23.9 Å². The number of thioether (sulfide) groups is 1. The summed E-state index contributed by atoms with van der Waals surface area (Å²) < 4.78 is 16.9. The maximum absolute atomic E-state index is 11.8. The second kappa shape index (κ2) is 10.6. The van der Waals surface area contributed by atoms with Crippen molar-refractivity contribution in [3.63, 3.8) is 0 Å². The molecule has 0 N–H and O–H groups in total. The van der Waals surface area contributed by atoms with Gasteiger partial charge in [0.1, 0.15) is 5.75 Å². The lowest BCUT2D eigenvalue weighted by atomic mass is 9.87. The van der Waals surface area contributed by atoms with Crippen LogP contribution >= 0.6 is 11.8 Å². The van der Waals surface area contributed by atoms with E-state index in [9.17, 15) is 4.79 Å². The number of hydrogen-bond acceptors (Lipinski definition) is 5. The van der Waals surface area contributed by atoms with Crippen LogP contribution in [0.2, 0.25) is 0 Å². The van der Waals surface area contributed by atoms with Crippen LogP contribution in [-0.2, 0) is 14.9 Å².